The van der Waals surface area contributed by atoms with E-state index in [9.17, 15) is 4.39 Å². The van der Waals surface area contributed by atoms with Crippen LogP contribution in [0.5, 0.6) is 5.75 Å². The van der Waals surface area contributed by atoms with Crippen LogP contribution in [0.4, 0.5) is 4.39 Å². The molecule has 0 aromatic heterocycles. The fraction of sp³-hybridized carbons (Fsp3) is 0.600. The van der Waals surface area contributed by atoms with Crippen molar-refractivity contribution in [3.63, 3.8) is 0 Å². The zero-order chi connectivity index (χ0) is 22.3. The minimum Gasteiger partial charge on any atom is -0.486 e. The van der Waals surface area contributed by atoms with Crippen molar-refractivity contribution in [1.29, 1.82) is 0 Å². The Hall–Kier alpha value is -1.83. The molecule has 2 fully saturated rings. The van der Waals surface area contributed by atoms with Crippen LogP contribution >= 0.6 is 0 Å². The summed E-state index contributed by atoms with van der Waals surface area (Å²) in [7, 11) is 0. The second kappa shape index (κ2) is 11.3. The third-order valence-corrected chi connectivity index (χ3v) is 8.21. The molecule has 1 nitrogen and oxygen atoms in total. The van der Waals surface area contributed by atoms with Crippen molar-refractivity contribution < 1.29 is 9.13 Å². The molecule has 0 heterocycles. The Morgan fingerprint density at radius 3 is 2.62 bits per heavy atom. The summed E-state index contributed by atoms with van der Waals surface area (Å²) >= 11 is 0. The number of halogens is 1. The van der Waals surface area contributed by atoms with Crippen LogP contribution in [0.3, 0.4) is 0 Å². The zero-order valence-corrected chi connectivity index (χ0v) is 20.0. The van der Waals surface area contributed by atoms with Crippen molar-refractivity contribution >= 4 is 10.8 Å². The van der Waals surface area contributed by atoms with Crippen LogP contribution in [-0.4, -0.2) is 6.61 Å². The quantitative estimate of drug-likeness (QED) is 0.266. The molecule has 0 aliphatic heterocycles. The van der Waals surface area contributed by atoms with Gasteiger partial charge in [0.15, 0.2) is 11.6 Å². The summed E-state index contributed by atoms with van der Waals surface area (Å²) in [4.78, 5) is 0. The molecular formula is C30H41FO. The van der Waals surface area contributed by atoms with Gasteiger partial charge in [0, 0.05) is 5.39 Å². The van der Waals surface area contributed by atoms with Gasteiger partial charge in [0.2, 0.25) is 0 Å². The molecule has 0 amide bonds. The van der Waals surface area contributed by atoms with Gasteiger partial charge in [-0.05, 0) is 72.8 Å². The molecule has 2 heteroatoms. The summed E-state index contributed by atoms with van der Waals surface area (Å²) in [6.07, 6.45) is 18.5. The molecule has 4 unspecified atom stereocenters. The molecule has 174 valence electrons. The Morgan fingerprint density at radius 1 is 0.969 bits per heavy atom. The molecule has 0 saturated heterocycles. The van der Waals surface area contributed by atoms with E-state index in [4.69, 9.17) is 4.74 Å². The molecular weight excluding hydrogens is 395 g/mol. The maximum Gasteiger partial charge on any atom is 0.172 e. The molecule has 2 aromatic carbocycles. The first-order valence-corrected chi connectivity index (χ1v) is 13.2. The maximum atomic E-state index is 14.8. The highest BCUT2D eigenvalue weighted by molar-refractivity contribution is 5.85. The lowest BCUT2D eigenvalue weighted by molar-refractivity contribution is 0.113. The Labute approximate surface area is 194 Å². The van der Waals surface area contributed by atoms with Crippen molar-refractivity contribution in [2.45, 2.75) is 89.9 Å². The Kier molecular flexibility index (Phi) is 8.27. The van der Waals surface area contributed by atoms with Crippen LogP contribution in [0, 0.1) is 23.6 Å². The van der Waals surface area contributed by atoms with Crippen molar-refractivity contribution in [2.75, 3.05) is 6.61 Å². The van der Waals surface area contributed by atoms with E-state index in [1.807, 2.05) is 12.1 Å². The highest BCUT2D eigenvalue weighted by atomic mass is 19.1. The molecule has 2 aliphatic carbocycles. The highest BCUT2D eigenvalue weighted by Gasteiger charge is 2.35. The minimum atomic E-state index is -0.257. The van der Waals surface area contributed by atoms with E-state index in [1.165, 1.54) is 82.6 Å². The summed E-state index contributed by atoms with van der Waals surface area (Å²) in [5.74, 6) is 3.51. The lowest BCUT2D eigenvalue weighted by Crippen LogP contribution is -2.30. The molecule has 2 aromatic rings. The number of hydrogen-bond donors (Lipinski definition) is 0. The number of rotatable bonds is 10. The van der Waals surface area contributed by atoms with Crippen LogP contribution in [-0.2, 0) is 0 Å². The first-order valence-electron chi connectivity index (χ1n) is 13.2. The van der Waals surface area contributed by atoms with Gasteiger partial charge in [-0.3, -0.25) is 0 Å². The van der Waals surface area contributed by atoms with Crippen molar-refractivity contribution in [1.82, 2.24) is 0 Å². The summed E-state index contributed by atoms with van der Waals surface area (Å²) in [6, 6.07) is 10.1. The lowest BCUT2D eigenvalue weighted by atomic mass is 9.63. The normalized spacial score (nSPS) is 25.4. The van der Waals surface area contributed by atoms with Crippen LogP contribution in [0.15, 0.2) is 43.0 Å². The standard InChI is InChI=1S/C30H41FO/c1-3-5-6-7-8-9-22-10-11-24-20-25(13-12-23(24)19-22)26-14-16-28-27(21-26)15-17-29(30(28)31)32-18-4-2/h4,14-17,21-25H,2-3,5-13,18-20H2,1H3. The third kappa shape index (κ3) is 5.56. The van der Waals surface area contributed by atoms with Gasteiger partial charge in [0.05, 0.1) is 0 Å². The number of ether oxygens (including phenoxy) is 1. The number of unbranched alkanes of at least 4 members (excludes halogenated alkanes) is 4. The second-order valence-corrected chi connectivity index (χ2v) is 10.4. The largest absolute Gasteiger partial charge is 0.486 e. The van der Waals surface area contributed by atoms with Crippen molar-refractivity contribution in [2.24, 2.45) is 17.8 Å². The van der Waals surface area contributed by atoms with E-state index in [2.05, 4.69) is 25.6 Å². The Balaban J connectivity index is 1.34. The minimum absolute atomic E-state index is 0.257. The highest BCUT2D eigenvalue weighted by Crippen LogP contribution is 2.48. The van der Waals surface area contributed by atoms with Gasteiger partial charge in [0.1, 0.15) is 6.61 Å². The van der Waals surface area contributed by atoms with E-state index in [0.29, 0.717) is 23.7 Å². The van der Waals surface area contributed by atoms with Gasteiger partial charge in [-0.25, -0.2) is 4.39 Å². The number of fused-ring (bicyclic) bond motifs is 2. The monoisotopic (exact) mass is 436 g/mol. The predicted molar refractivity (Wildman–Crippen MR) is 134 cm³/mol. The smallest absolute Gasteiger partial charge is 0.172 e. The fourth-order valence-corrected chi connectivity index (χ4v) is 6.39. The molecule has 0 bridgehead atoms. The van der Waals surface area contributed by atoms with Gasteiger partial charge >= 0.3 is 0 Å². The number of hydrogen-bond acceptors (Lipinski definition) is 1. The van der Waals surface area contributed by atoms with E-state index < -0.39 is 0 Å². The topological polar surface area (TPSA) is 9.23 Å². The van der Waals surface area contributed by atoms with E-state index in [-0.39, 0.29) is 5.82 Å². The van der Waals surface area contributed by atoms with E-state index in [1.54, 1.807) is 12.1 Å². The summed E-state index contributed by atoms with van der Waals surface area (Å²) in [5.41, 5.74) is 1.40. The van der Waals surface area contributed by atoms with Crippen LogP contribution in [0.25, 0.3) is 10.8 Å². The first kappa shape index (κ1) is 23.3. The summed E-state index contributed by atoms with van der Waals surface area (Å²) in [6.45, 7) is 6.26. The van der Waals surface area contributed by atoms with Gasteiger partial charge in [-0.15, -0.1) is 0 Å². The van der Waals surface area contributed by atoms with Gasteiger partial charge < -0.3 is 4.74 Å². The summed E-state index contributed by atoms with van der Waals surface area (Å²) < 4.78 is 20.3. The number of benzene rings is 2. The fourth-order valence-electron chi connectivity index (χ4n) is 6.39. The van der Waals surface area contributed by atoms with Gasteiger partial charge in [0.25, 0.3) is 0 Å². The van der Waals surface area contributed by atoms with Gasteiger partial charge in [-0.2, -0.15) is 0 Å². The van der Waals surface area contributed by atoms with E-state index >= 15 is 0 Å². The van der Waals surface area contributed by atoms with Gasteiger partial charge in [-0.1, -0.05) is 88.8 Å². The van der Waals surface area contributed by atoms with Crippen LogP contribution < -0.4 is 4.74 Å². The van der Waals surface area contributed by atoms with E-state index in [0.717, 1.165) is 23.1 Å². The average molecular weight is 437 g/mol. The molecule has 32 heavy (non-hydrogen) atoms. The predicted octanol–water partition coefficient (Wildman–Crippen LogP) is 9.20. The average Bonchev–Trinajstić information content (AvgIpc) is 2.83. The first-order chi connectivity index (χ1) is 15.7. The second-order valence-electron chi connectivity index (χ2n) is 10.4. The molecule has 4 atom stereocenters. The van der Waals surface area contributed by atoms with Crippen molar-refractivity contribution in [3.8, 4) is 5.75 Å². The van der Waals surface area contributed by atoms with Crippen molar-refractivity contribution in [3.05, 3.63) is 54.4 Å². The third-order valence-electron chi connectivity index (χ3n) is 8.21. The Bertz CT molecular complexity index is 888. The lowest BCUT2D eigenvalue weighted by Gasteiger charge is -2.42. The molecule has 4 rings (SSSR count). The molecule has 0 spiro atoms. The molecule has 0 radical (unpaired) electrons. The van der Waals surface area contributed by atoms with Crippen LogP contribution in [0.1, 0.15) is 95.5 Å². The van der Waals surface area contributed by atoms with Crippen LogP contribution in [0.2, 0.25) is 0 Å². The maximum absolute atomic E-state index is 14.8. The summed E-state index contributed by atoms with van der Waals surface area (Å²) in [5, 5.41) is 1.64. The Morgan fingerprint density at radius 2 is 1.78 bits per heavy atom. The zero-order valence-electron chi connectivity index (χ0n) is 20.0. The molecule has 2 saturated carbocycles. The SMILES string of the molecule is C=CCOc1ccc2cc(C3CCC4CC(CCCCCCC)CCC4C3)ccc2c1F. The molecule has 0 N–H and O–H groups in total. The molecule has 2 aliphatic rings.